The van der Waals surface area contributed by atoms with Gasteiger partial charge in [0.2, 0.25) is 0 Å². The summed E-state index contributed by atoms with van der Waals surface area (Å²) in [5, 5.41) is 21.7. The first-order valence-electron chi connectivity index (χ1n) is 7.43. The Morgan fingerprint density at radius 3 is 2.62 bits per heavy atom. The topological polar surface area (TPSA) is 71.7 Å². The molecule has 2 rings (SSSR count). The minimum Gasteiger partial charge on any atom is -0.393 e. The molecule has 5 nitrogen and oxygen atoms in total. The first-order chi connectivity index (χ1) is 10.2. The van der Waals surface area contributed by atoms with Crippen LogP contribution in [0, 0.1) is 11.3 Å². The summed E-state index contributed by atoms with van der Waals surface area (Å²) in [7, 11) is 0. The fourth-order valence-corrected chi connectivity index (χ4v) is 2.35. The molecular weight excluding hydrogens is 264 g/mol. The fraction of sp³-hybridized carbons (Fsp3) is 0.500. The first-order valence-corrected chi connectivity index (χ1v) is 7.43. The molecule has 1 aliphatic heterocycles. The van der Waals surface area contributed by atoms with Crippen molar-refractivity contribution in [2.24, 2.45) is 4.99 Å². The Kier molecular flexibility index (Phi) is 5.59. The number of piperidine rings is 1. The highest BCUT2D eigenvalue weighted by Crippen LogP contribution is 2.11. The highest BCUT2D eigenvalue weighted by Gasteiger charge is 2.19. The fourth-order valence-electron chi connectivity index (χ4n) is 2.35. The second-order valence-corrected chi connectivity index (χ2v) is 5.20. The smallest absolute Gasteiger partial charge is 0.194 e. The zero-order chi connectivity index (χ0) is 15.1. The van der Waals surface area contributed by atoms with Crippen LogP contribution in [0.3, 0.4) is 0 Å². The summed E-state index contributed by atoms with van der Waals surface area (Å²) < 4.78 is 0. The molecule has 0 spiro atoms. The van der Waals surface area contributed by atoms with E-state index in [1.807, 2.05) is 24.3 Å². The van der Waals surface area contributed by atoms with Gasteiger partial charge in [-0.25, -0.2) is 4.99 Å². The molecule has 1 aromatic carbocycles. The lowest BCUT2D eigenvalue weighted by Crippen LogP contribution is -2.46. The molecule has 21 heavy (non-hydrogen) atoms. The van der Waals surface area contributed by atoms with Gasteiger partial charge >= 0.3 is 0 Å². The maximum absolute atomic E-state index is 9.58. The monoisotopic (exact) mass is 286 g/mol. The minimum absolute atomic E-state index is 0.178. The predicted molar refractivity (Wildman–Crippen MR) is 82.8 cm³/mol. The molecule has 0 saturated carbocycles. The number of nitrogens with zero attached hydrogens (tertiary/aromatic N) is 3. The number of rotatable bonds is 3. The number of nitriles is 1. The first kappa shape index (κ1) is 15.3. The molecule has 0 unspecified atom stereocenters. The van der Waals surface area contributed by atoms with Gasteiger partial charge in [-0.05, 0) is 37.5 Å². The number of aliphatic imine (C=N–C) groups is 1. The van der Waals surface area contributed by atoms with Gasteiger partial charge in [-0.3, -0.25) is 0 Å². The largest absolute Gasteiger partial charge is 0.393 e. The van der Waals surface area contributed by atoms with Crippen molar-refractivity contribution < 1.29 is 5.11 Å². The van der Waals surface area contributed by atoms with Crippen LogP contribution in [0.4, 0.5) is 0 Å². The van der Waals surface area contributed by atoms with Gasteiger partial charge in [-0.1, -0.05) is 12.1 Å². The van der Waals surface area contributed by atoms with E-state index in [4.69, 9.17) is 5.26 Å². The van der Waals surface area contributed by atoms with Crippen molar-refractivity contribution in [1.82, 2.24) is 10.2 Å². The Hall–Kier alpha value is -2.06. The van der Waals surface area contributed by atoms with Crippen molar-refractivity contribution in [3.63, 3.8) is 0 Å². The zero-order valence-corrected chi connectivity index (χ0v) is 12.4. The van der Waals surface area contributed by atoms with Crippen LogP contribution in [0.15, 0.2) is 29.3 Å². The lowest BCUT2D eigenvalue weighted by molar-refractivity contribution is 0.108. The summed E-state index contributed by atoms with van der Waals surface area (Å²) in [6.07, 6.45) is 1.41. The summed E-state index contributed by atoms with van der Waals surface area (Å²) in [5.74, 6) is 0.897. The Bertz CT molecular complexity index is 510. The third-order valence-electron chi connectivity index (χ3n) is 3.59. The summed E-state index contributed by atoms with van der Waals surface area (Å²) >= 11 is 0. The van der Waals surface area contributed by atoms with Gasteiger partial charge in [0.25, 0.3) is 0 Å². The number of aliphatic hydroxyl groups is 1. The summed E-state index contributed by atoms with van der Waals surface area (Å²) in [5.41, 5.74) is 1.75. The molecule has 0 atom stereocenters. The Labute approximate surface area is 125 Å². The van der Waals surface area contributed by atoms with Crippen molar-refractivity contribution in [3.05, 3.63) is 35.4 Å². The van der Waals surface area contributed by atoms with E-state index < -0.39 is 0 Å². The van der Waals surface area contributed by atoms with Crippen molar-refractivity contribution >= 4 is 5.96 Å². The van der Waals surface area contributed by atoms with Gasteiger partial charge < -0.3 is 15.3 Å². The van der Waals surface area contributed by atoms with Gasteiger partial charge in [0, 0.05) is 19.6 Å². The van der Waals surface area contributed by atoms with Crippen molar-refractivity contribution in [3.8, 4) is 6.07 Å². The van der Waals surface area contributed by atoms with Crippen LogP contribution >= 0.6 is 0 Å². The van der Waals surface area contributed by atoms with Crippen molar-refractivity contribution in [2.45, 2.75) is 32.4 Å². The summed E-state index contributed by atoms with van der Waals surface area (Å²) in [6, 6.07) is 9.62. The van der Waals surface area contributed by atoms with Crippen LogP contribution in [0.5, 0.6) is 0 Å². The third-order valence-corrected chi connectivity index (χ3v) is 3.59. The Morgan fingerprint density at radius 2 is 2.05 bits per heavy atom. The van der Waals surface area contributed by atoms with Crippen molar-refractivity contribution in [2.75, 3.05) is 19.6 Å². The molecule has 0 aliphatic carbocycles. The molecule has 1 aliphatic rings. The number of likely N-dealkylation sites (tertiary alicyclic amines) is 1. The molecule has 0 amide bonds. The molecule has 1 heterocycles. The molecule has 1 aromatic rings. The predicted octanol–water partition coefficient (Wildman–Crippen LogP) is 1.48. The normalized spacial score (nSPS) is 16.6. The maximum Gasteiger partial charge on any atom is 0.194 e. The number of hydrogen-bond acceptors (Lipinski definition) is 3. The van der Waals surface area contributed by atoms with Gasteiger partial charge in [0.15, 0.2) is 5.96 Å². The highest BCUT2D eigenvalue weighted by molar-refractivity contribution is 5.80. The lowest BCUT2D eigenvalue weighted by Gasteiger charge is -2.32. The average Bonchev–Trinajstić information content (AvgIpc) is 2.53. The maximum atomic E-state index is 9.58. The van der Waals surface area contributed by atoms with Crippen LogP contribution in [-0.4, -0.2) is 41.7 Å². The van der Waals surface area contributed by atoms with E-state index in [1.54, 1.807) is 0 Å². The summed E-state index contributed by atoms with van der Waals surface area (Å²) in [4.78, 5) is 6.85. The highest BCUT2D eigenvalue weighted by atomic mass is 16.3. The Morgan fingerprint density at radius 1 is 1.38 bits per heavy atom. The lowest BCUT2D eigenvalue weighted by atomic mass is 10.1. The molecule has 112 valence electrons. The van der Waals surface area contributed by atoms with E-state index in [2.05, 4.69) is 28.2 Å². The van der Waals surface area contributed by atoms with E-state index >= 15 is 0 Å². The molecule has 2 N–H and O–H groups in total. The molecule has 5 heteroatoms. The number of nitrogens with one attached hydrogen (secondary N) is 1. The minimum atomic E-state index is -0.178. The second-order valence-electron chi connectivity index (χ2n) is 5.20. The number of hydrogen-bond donors (Lipinski definition) is 2. The summed E-state index contributed by atoms with van der Waals surface area (Å²) in [6.45, 7) is 5.13. The number of aliphatic hydroxyl groups excluding tert-OH is 1. The average molecular weight is 286 g/mol. The van der Waals surface area contributed by atoms with Crippen LogP contribution in [-0.2, 0) is 6.54 Å². The van der Waals surface area contributed by atoms with E-state index in [0.717, 1.165) is 44.0 Å². The van der Waals surface area contributed by atoms with Crippen molar-refractivity contribution in [1.29, 1.82) is 5.26 Å². The van der Waals surface area contributed by atoms with Gasteiger partial charge in [0.05, 0.1) is 24.3 Å². The second kappa shape index (κ2) is 7.65. The molecule has 0 bridgehead atoms. The van der Waals surface area contributed by atoms with E-state index in [0.29, 0.717) is 12.1 Å². The third kappa shape index (κ3) is 4.47. The van der Waals surface area contributed by atoms with Crippen LogP contribution in [0.1, 0.15) is 30.9 Å². The van der Waals surface area contributed by atoms with Crippen LogP contribution in [0.2, 0.25) is 0 Å². The number of benzene rings is 1. The van der Waals surface area contributed by atoms with Gasteiger partial charge in [-0.2, -0.15) is 5.26 Å². The van der Waals surface area contributed by atoms with Crippen LogP contribution in [0.25, 0.3) is 0 Å². The molecule has 0 radical (unpaired) electrons. The van der Waals surface area contributed by atoms with E-state index in [-0.39, 0.29) is 6.10 Å². The standard InChI is InChI=1S/C16H22N4O/c1-2-18-16(20-9-7-15(21)8-10-20)19-12-14-5-3-13(11-17)4-6-14/h3-6,15,21H,2,7-10,12H2,1H3,(H,18,19). The number of guanidine groups is 1. The van der Waals surface area contributed by atoms with E-state index in [9.17, 15) is 5.11 Å². The SMILES string of the molecule is CCNC(=NCc1ccc(C#N)cc1)N1CCC(O)CC1. The van der Waals surface area contributed by atoms with E-state index in [1.165, 1.54) is 0 Å². The molecular formula is C16H22N4O. The molecule has 1 fully saturated rings. The quantitative estimate of drug-likeness (QED) is 0.652. The molecule has 0 aromatic heterocycles. The Balaban J connectivity index is 2.01. The van der Waals surface area contributed by atoms with Gasteiger partial charge in [-0.15, -0.1) is 0 Å². The molecule has 1 saturated heterocycles. The van der Waals surface area contributed by atoms with Crippen LogP contribution < -0.4 is 5.32 Å². The zero-order valence-electron chi connectivity index (χ0n) is 12.4. The van der Waals surface area contributed by atoms with Gasteiger partial charge in [0.1, 0.15) is 0 Å².